The summed E-state index contributed by atoms with van der Waals surface area (Å²) in [6.45, 7) is 15.3. The lowest BCUT2D eigenvalue weighted by molar-refractivity contribution is 0.115. The highest BCUT2D eigenvalue weighted by Gasteiger charge is 2.41. The van der Waals surface area contributed by atoms with Gasteiger partial charge in [-0.1, -0.05) is 0 Å². The molecule has 0 saturated carbocycles. The Kier molecular flexibility index (Phi) is 7.26. The summed E-state index contributed by atoms with van der Waals surface area (Å²) >= 11 is 0. The van der Waals surface area contributed by atoms with E-state index in [9.17, 15) is 0 Å². The second-order valence-corrected chi connectivity index (χ2v) is 19.0. The summed E-state index contributed by atoms with van der Waals surface area (Å²) in [5.74, 6) is 0. The van der Waals surface area contributed by atoms with Crippen LogP contribution in [0.5, 0.6) is 0 Å². The normalized spacial score (nSPS) is 22.1. The number of hydrogen-bond acceptors (Lipinski definition) is 5. The minimum Gasteiger partial charge on any atom is -0.437 e. The zero-order chi connectivity index (χ0) is 16.1. The number of rotatable bonds is 11. The molecule has 0 radical (unpaired) electrons. The Morgan fingerprint density at radius 1 is 1.05 bits per heavy atom. The third kappa shape index (κ3) is 9.24. The van der Waals surface area contributed by atoms with Crippen molar-refractivity contribution < 1.29 is 22.1 Å². The maximum absolute atomic E-state index is 6.38. The zero-order valence-corrected chi connectivity index (χ0v) is 17.7. The first-order valence-corrected chi connectivity index (χ1v) is 16.4. The molecule has 1 rings (SSSR count). The van der Waals surface area contributed by atoms with Crippen molar-refractivity contribution in [3.05, 3.63) is 0 Å². The van der Waals surface area contributed by atoms with Crippen LogP contribution in [0.1, 0.15) is 6.42 Å². The molecule has 1 fully saturated rings. The topological polar surface area (TPSA) is 49.5 Å². The second kappa shape index (κ2) is 7.82. The van der Waals surface area contributed by atoms with Gasteiger partial charge in [0, 0.05) is 13.7 Å². The molecule has 0 aliphatic carbocycles. The molecule has 0 aromatic heterocycles. The third-order valence-corrected chi connectivity index (χ3v) is 13.3. The van der Waals surface area contributed by atoms with Gasteiger partial charge in [0.15, 0.2) is 8.32 Å². The molecule has 1 saturated heterocycles. The first-order chi connectivity index (χ1) is 9.55. The van der Waals surface area contributed by atoms with Crippen LogP contribution in [0.3, 0.4) is 0 Å². The Morgan fingerprint density at radius 2 is 1.67 bits per heavy atom. The molecule has 2 atom stereocenters. The SMILES string of the molecule is CO[Si](C)(CCCOCC1CO1)O[Si](C)(C)O[Si](C)(C)C. The van der Waals surface area contributed by atoms with Gasteiger partial charge in [0.05, 0.1) is 13.2 Å². The lowest BCUT2D eigenvalue weighted by Crippen LogP contribution is -2.53. The molecular formula is C13H32O5Si3. The fraction of sp³-hybridized carbons (Fsp3) is 1.00. The van der Waals surface area contributed by atoms with Crippen LogP contribution in [-0.2, 0) is 22.1 Å². The highest BCUT2D eigenvalue weighted by Crippen LogP contribution is 2.24. The monoisotopic (exact) mass is 352 g/mol. The fourth-order valence-electron chi connectivity index (χ4n) is 2.35. The van der Waals surface area contributed by atoms with E-state index < -0.39 is 25.4 Å². The van der Waals surface area contributed by atoms with Crippen LogP contribution in [0.4, 0.5) is 0 Å². The van der Waals surface area contributed by atoms with E-state index in [0.717, 1.165) is 25.7 Å². The molecule has 0 N–H and O–H groups in total. The molecule has 0 aromatic carbocycles. The summed E-state index contributed by atoms with van der Waals surface area (Å²) in [5.41, 5.74) is 0. The maximum atomic E-state index is 6.38. The molecule has 1 heterocycles. The van der Waals surface area contributed by atoms with E-state index in [4.69, 9.17) is 22.1 Å². The molecule has 8 heteroatoms. The highest BCUT2D eigenvalue weighted by atomic mass is 28.5. The van der Waals surface area contributed by atoms with Crippen molar-refractivity contribution in [2.24, 2.45) is 0 Å². The predicted octanol–water partition coefficient (Wildman–Crippen LogP) is 3.08. The Labute approximate surface area is 132 Å². The van der Waals surface area contributed by atoms with E-state index in [2.05, 4.69) is 39.3 Å². The Bertz CT molecular complexity index is 317. The number of hydrogen-bond donors (Lipinski definition) is 0. The Morgan fingerprint density at radius 3 is 2.14 bits per heavy atom. The quantitative estimate of drug-likeness (QED) is 0.325. The van der Waals surface area contributed by atoms with Crippen LogP contribution in [0.15, 0.2) is 0 Å². The molecular weight excluding hydrogens is 320 g/mol. The molecule has 0 aromatic rings. The summed E-state index contributed by atoms with van der Waals surface area (Å²) in [7, 11) is -4.14. The molecule has 2 unspecified atom stereocenters. The third-order valence-electron chi connectivity index (χ3n) is 3.07. The first kappa shape index (κ1) is 19.5. The standard InChI is InChI=1S/C13H32O5Si3/c1-14-21(7,10-8-9-15-11-13-12-16-13)18-20(5,6)17-19(2,3)4/h13H,8-12H2,1-7H3. The van der Waals surface area contributed by atoms with Crippen molar-refractivity contribution >= 4 is 25.4 Å². The van der Waals surface area contributed by atoms with Gasteiger partial charge >= 0.3 is 17.1 Å². The van der Waals surface area contributed by atoms with Crippen molar-refractivity contribution in [2.75, 3.05) is 26.9 Å². The van der Waals surface area contributed by atoms with Gasteiger partial charge in [0.25, 0.3) is 0 Å². The van der Waals surface area contributed by atoms with E-state index >= 15 is 0 Å². The van der Waals surface area contributed by atoms with Gasteiger partial charge in [0.1, 0.15) is 6.10 Å². The summed E-state index contributed by atoms with van der Waals surface area (Å²) in [6.07, 6.45) is 1.30. The van der Waals surface area contributed by atoms with Crippen molar-refractivity contribution in [2.45, 2.75) is 57.9 Å². The summed E-state index contributed by atoms with van der Waals surface area (Å²) in [4.78, 5) is 0. The van der Waals surface area contributed by atoms with Crippen molar-refractivity contribution in [1.82, 2.24) is 0 Å². The van der Waals surface area contributed by atoms with Gasteiger partial charge in [-0.3, -0.25) is 0 Å². The molecule has 1 aliphatic rings. The largest absolute Gasteiger partial charge is 0.437 e. The summed E-state index contributed by atoms with van der Waals surface area (Å²) < 4.78 is 29.1. The Hall–Kier alpha value is 0.451. The first-order valence-electron chi connectivity index (χ1n) is 7.70. The van der Waals surface area contributed by atoms with E-state index in [-0.39, 0.29) is 0 Å². The molecule has 21 heavy (non-hydrogen) atoms. The van der Waals surface area contributed by atoms with Crippen LogP contribution in [0.25, 0.3) is 0 Å². The smallest absolute Gasteiger partial charge is 0.325 e. The molecule has 0 spiro atoms. The fourth-order valence-corrected chi connectivity index (χ4v) is 14.7. The summed E-state index contributed by atoms with van der Waals surface area (Å²) in [6, 6.07) is 0.931. The van der Waals surface area contributed by atoms with Crippen LogP contribution in [0.2, 0.25) is 45.3 Å². The molecule has 5 nitrogen and oxygen atoms in total. The average molecular weight is 353 g/mol. The van der Waals surface area contributed by atoms with Gasteiger partial charge < -0.3 is 22.1 Å². The molecule has 0 amide bonds. The van der Waals surface area contributed by atoms with E-state index in [0.29, 0.717) is 12.7 Å². The lowest BCUT2D eigenvalue weighted by Gasteiger charge is -2.37. The van der Waals surface area contributed by atoms with E-state index in [1.807, 2.05) is 0 Å². The average Bonchev–Trinajstić information content (AvgIpc) is 3.08. The van der Waals surface area contributed by atoms with Gasteiger partial charge in [0.2, 0.25) is 0 Å². The minimum atomic E-state index is -2.17. The predicted molar refractivity (Wildman–Crippen MR) is 91.6 cm³/mol. The number of ether oxygens (including phenoxy) is 2. The van der Waals surface area contributed by atoms with Gasteiger partial charge in [-0.25, -0.2) is 0 Å². The lowest BCUT2D eigenvalue weighted by atomic mass is 10.5. The molecule has 0 bridgehead atoms. The molecule has 126 valence electrons. The molecule has 1 aliphatic heterocycles. The van der Waals surface area contributed by atoms with Crippen LogP contribution in [0, 0.1) is 0 Å². The second-order valence-electron chi connectivity index (χ2n) is 7.19. The van der Waals surface area contributed by atoms with Gasteiger partial charge in [-0.15, -0.1) is 0 Å². The number of epoxide rings is 1. The van der Waals surface area contributed by atoms with E-state index in [1.54, 1.807) is 7.11 Å². The van der Waals surface area contributed by atoms with Crippen molar-refractivity contribution in [3.8, 4) is 0 Å². The summed E-state index contributed by atoms with van der Waals surface area (Å²) in [5, 5.41) is 0. The van der Waals surface area contributed by atoms with Crippen molar-refractivity contribution in [1.29, 1.82) is 0 Å². The van der Waals surface area contributed by atoms with Crippen LogP contribution >= 0.6 is 0 Å². The van der Waals surface area contributed by atoms with Crippen molar-refractivity contribution in [3.63, 3.8) is 0 Å². The maximum Gasteiger partial charge on any atom is 0.325 e. The van der Waals surface area contributed by atoms with Gasteiger partial charge in [-0.05, 0) is 51.7 Å². The van der Waals surface area contributed by atoms with Gasteiger partial charge in [-0.2, -0.15) is 0 Å². The van der Waals surface area contributed by atoms with Crippen LogP contribution in [-0.4, -0.2) is 58.5 Å². The minimum absolute atomic E-state index is 0.337. The zero-order valence-electron chi connectivity index (χ0n) is 14.7. The highest BCUT2D eigenvalue weighted by molar-refractivity contribution is 6.86. The van der Waals surface area contributed by atoms with Crippen LogP contribution < -0.4 is 0 Å². The van der Waals surface area contributed by atoms with E-state index in [1.165, 1.54) is 0 Å². The Balaban J connectivity index is 2.34.